The second kappa shape index (κ2) is 63.4. The third kappa shape index (κ3) is 59.1. The summed E-state index contributed by atoms with van der Waals surface area (Å²) in [6, 6.07) is -0.538. The summed E-state index contributed by atoms with van der Waals surface area (Å²) in [6.07, 6.45) is 81.6. The van der Waals surface area contributed by atoms with Crippen LogP contribution < -0.4 is 5.32 Å². The molecule has 74 heavy (non-hydrogen) atoms. The number of aliphatic hydroxyl groups excluding tert-OH is 2. The maximum Gasteiger partial charge on any atom is 0.305 e. The van der Waals surface area contributed by atoms with E-state index >= 15 is 0 Å². The lowest BCUT2D eigenvalue weighted by Gasteiger charge is -2.22. The zero-order chi connectivity index (χ0) is 53.6. The molecular formula is C68H127NO5. The molecule has 0 aliphatic rings. The molecular weight excluding hydrogens is 911 g/mol. The summed E-state index contributed by atoms with van der Waals surface area (Å²) in [4.78, 5) is 24.5. The molecule has 0 bridgehead atoms. The lowest BCUT2D eigenvalue weighted by Crippen LogP contribution is -2.45. The summed E-state index contributed by atoms with van der Waals surface area (Å²) in [5, 5.41) is 23.1. The van der Waals surface area contributed by atoms with E-state index in [-0.39, 0.29) is 18.5 Å². The van der Waals surface area contributed by atoms with Crippen LogP contribution in [0, 0.1) is 0 Å². The van der Waals surface area contributed by atoms with Crippen LogP contribution in [-0.2, 0) is 14.3 Å². The van der Waals surface area contributed by atoms with Gasteiger partial charge in [0.2, 0.25) is 5.91 Å². The number of ether oxygens (including phenoxy) is 1. The van der Waals surface area contributed by atoms with Crippen molar-refractivity contribution in [1.29, 1.82) is 0 Å². The predicted octanol–water partition coefficient (Wildman–Crippen LogP) is 20.9. The third-order valence-corrected chi connectivity index (χ3v) is 15.1. The molecule has 0 aromatic carbocycles. The van der Waals surface area contributed by atoms with Crippen LogP contribution in [0.5, 0.6) is 0 Å². The summed E-state index contributed by atoms with van der Waals surface area (Å²) in [7, 11) is 0. The number of rotatable bonds is 61. The second-order valence-electron chi connectivity index (χ2n) is 22.4. The molecule has 434 valence electrons. The molecule has 0 radical (unpaired) electrons. The van der Waals surface area contributed by atoms with Crippen molar-refractivity contribution < 1.29 is 24.5 Å². The third-order valence-electron chi connectivity index (χ3n) is 15.1. The number of hydrogen-bond acceptors (Lipinski definition) is 5. The lowest BCUT2D eigenvalue weighted by molar-refractivity contribution is -0.143. The normalized spacial score (nSPS) is 12.9. The van der Waals surface area contributed by atoms with E-state index in [2.05, 4.69) is 67.8 Å². The SMILES string of the molecule is CCCCC/C=C\C/C=C\CCCCCCCC(=O)OCCCCCCCCCCC/C=C\C/C=C\CCCCCCCCCCCCCCCCCCCC(=O)NC(CO)C(O)CCCCCCCCCCC. The van der Waals surface area contributed by atoms with Crippen LogP contribution >= 0.6 is 0 Å². The van der Waals surface area contributed by atoms with Crippen LogP contribution in [0.2, 0.25) is 0 Å². The Morgan fingerprint density at radius 2 is 0.676 bits per heavy atom. The van der Waals surface area contributed by atoms with Crippen molar-refractivity contribution in [2.45, 2.75) is 360 Å². The van der Waals surface area contributed by atoms with Crippen molar-refractivity contribution in [1.82, 2.24) is 5.32 Å². The highest BCUT2D eigenvalue weighted by molar-refractivity contribution is 5.76. The molecule has 0 aliphatic heterocycles. The minimum Gasteiger partial charge on any atom is -0.466 e. The number of carbonyl (C=O) groups excluding carboxylic acids is 2. The van der Waals surface area contributed by atoms with Gasteiger partial charge in [0.1, 0.15) is 0 Å². The zero-order valence-electron chi connectivity index (χ0n) is 49.6. The molecule has 6 heteroatoms. The van der Waals surface area contributed by atoms with Gasteiger partial charge in [-0.2, -0.15) is 0 Å². The lowest BCUT2D eigenvalue weighted by atomic mass is 10.0. The highest BCUT2D eigenvalue weighted by Crippen LogP contribution is 2.17. The van der Waals surface area contributed by atoms with Crippen LogP contribution in [0.3, 0.4) is 0 Å². The Morgan fingerprint density at radius 1 is 0.378 bits per heavy atom. The van der Waals surface area contributed by atoms with Gasteiger partial charge >= 0.3 is 5.97 Å². The predicted molar refractivity (Wildman–Crippen MR) is 324 cm³/mol. The number of nitrogens with one attached hydrogen (secondary N) is 1. The fourth-order valence-corrected chi connectivity index (χ4v) is 10.1. The fourth-order valence-electron chi connectivity index (χ4n) is 10.1. The fraction of sp³-hybridized carbons (Fsp3) is 0.853. The molecule has 0 spiro atoms. The Kier molecular flexibility index (Phi) is 61.5. The van der Waals surface area contributed by atoms with Crippen molar-refractivity contribution in [2.24, 2.45) is 0 Å². The number of unbranched alkanes of at least 4 members (excludes halogenated alkanes) is 42. The highest BCUT2D eigenvalue weighted by Gasteiger charge is 2.20. The quantitative estimate of drug-likeness (QED) is 0.0320. The van der Waals surface area contributed by atoms with Crippen molar-refractivity contribution in [2.75, 3.05) is 13.2 Å². The molecule has 0 fully saturated rings. The first-order chi connectivity index (χ1) is 36.5. The van der Waals surface area contributed by atoms with Gasteiger partial charge in [0.05, 0.1) is 25.4 Å². The first-order valence-electron chi connectivity index (χ1n) is 32.9. The highest BCUT2D eigenvalue weighted by atomic mass is 16.5. The van der Waals surface area contributed by atoms with Gasteiger partial charge in [-0.05, 0) is 89.9 Å². The largest absolute Gasteiger partial charge is 0.466 e. The van der Waals surface area contributed by atoms with E-state index in [1.807, 2.05) is 0 Å². The Bertz CT molecular complexity index is 1240. The summed E-state index contributed by atoms with van der Waals surface area (Å²) >= 11 is 0. The maximum atomic E-state index is 12.4. The van der Waals surface area contributed by atoms with Crippen LogP contribution in [-0.4, -0.2) is 47.4 Å². The van der Waals surface area contributed by atoms with Gasteiger partial charge in [-0.1, -0.05) is 294 Å². The number of esters is 1. The molecule has 6 nitrogen and oxygen atoms in total. The van der Waals surface area contributed by atoms with E-state index < -0.39 is 12.1 Å². The van der Waals surface area contributed by atoms with Gasteiger partial charge in [0.25, 0.3) is 0 Å². The number of hydrogen-bond donors (Lipinski definition) is 3. The van der Waals surface area contributed by atoms with E-state index in [0.29, 0.717) is 25.9 Å². The molecule has 2 unspecified atom stereocenters. The Morgan fingerprint density at radius 3 is 1.05 bits per heavy atom. The molecule has 0 heterocycles. The van der Waals surface area contributed by atoms with Crippen LogP contribution in [0.4, 0.5) is 0 Å². The van der Waals surface area contributed by atoms with Crippen molar-refractivity contribution in [3.8, 4) is 0 Å². The van der Waals surface area contributed by atoms with E-state index in [1.165, 1.54) is 257 Å². The Labute approximate surface area is 461 Å². The van der Waals surface area contributed by atoms with Gasteiger partial charge < -0.3 is 20.3 Å². The Balaban J connectivity index is 3.36. The van der Waals surface area contributed by atoms with Crippen LogP contribution in [0.1, 0.15) is 348 Å². The van der Waals surface area contributed by atoms with E-state index in [4.69, 9.17) is 4.74 Å². The average molecular weight is 1040 g/mol. The molecule has 0 saturated carbocycles. The molecule has 1 amide bonds. The van der Waals surface area contributed by atoms with Gasteiger partial charge in [0, 0.05) is 12.8 Å². The van der Waals surface area contributed by atoms with E-state index in [0.717, 1.165) is 57.8 Å². The first kappa shape index (κ1) is 71.8. The minimum atomic E-state index is -0.661. The Hall–Kier alpha value is -2.18. The topological polar surface area (TPSA) is 95.9 Å². The molecule has 0 aliphatic carbocycles. The smallest absolute Gasteiger partial charge is 0.305 e. The van der Waals surface area contributed by atoms with Gasteiger partial charge in [0.15, 0.2) is 0 Å². The summed E-state index contributed by atoms with van der Waals surface area (Å²) in [5.41, 5.74) is 0. The van der Waals surface area contributed by atoms with Gasteiger partial charge in [-0.15, -0.1) is 0 Å². The molecule has 0 aromatic heterocycles. The van der Waals surface area contributed by atoms with Crippen molar-refractivity contribution >= 4 is 11.9 Å². The number of carbonyl (C=O) groups is 2. The number of amides is 1. The first-order valence-corrected chi connectivity index (χ1v) is 32.9. The van der Waals surface area contributed by atoms with Crippen LogP contribution in [0.15, 0.2) is 48.6 Å². The zero-order valence-corrected chi connectivity index (χ0v) is 49.6. The minimum absolute atomic E-state index is 0.000138. The number of allylic oxidation sites excluding steroid dienone is 8. The summed E-state index contributed by atoms with van der Waals surface area (Å²) in [6.45, 7) is 4.91. The average Bonchev–Trinajstić information content (AvgIpc) is 3.40. The van der Waals surface area contributed by atoms with Crippen LogP contribution in [0.25, 0.3) is 0 Å². The van der Waals surface area contributed by atoms with E-state index in [1.54, 1.807) is 0 Å². The van der Waals surface area contributed by atoms with Crippen molar-refractivity contribution in [3.05, 3.63) is 48.6 Å². The molecule has 2 atom stereocenters. The molecule has 0 aromatic rings. The number of aliphatic hydroxyl groups is 2. The summed E-state index contributed by atoms with van der Waals surface area (Å²) in [5.74, 6) is -0.0351. The molecule has 3 N–H and O–H groups in total. The van der Waals surface area contributed by atoms with Gasteiger partial charge in [-0.3, -0.25) is 9.59 Å². The summed E-state index contributed by atoms with van der Waals surface area (Å²) < 4.78 is 5.48. The standard InChI is InChI=1S/C68H127NO5/c1-3-5-7-9-11-13-14-15-35-39-42-46-50-54-58-62-68(73)74-63-59-55-51-47-43-40-37-34-32-30-28-26-24-22-20-18-16-17-19-21-23-25-27-29-31-33-36-38-41-45-49-53-57-61-67(72)69-65(64-70)66(71)60-56-52-48-44-12-10-8-6-4-2/h11,13,15,20,22,26,28,35,65-66,70-71H,3-10,12,14,16-19,21,23-25,27,29-34,36-64H2,1-2H3,(H,69,72)/b13-11-,22-20-,28-26-,35-15-. The maximum absolute atomic E-state index is 12.4. The van der Waals surface area contributed by atoms with E-state index in [9.17, 15) is 19.8 Å². The molecule has 0 saturated heterocycles. The second-order valence-corrected chi connectivity index (χ2v) is 22.4. The van der Waals surface area contributed by atoms with Crippen molar-refractivity contribution in [3.63, 3.8) is 0 Å². The monoisotopic (exact) mass is 1040 g/mol. The van der Waals surface area contributed by atoms with Gasteiger partial charge in [-0.25, -0.2) is 0 Å². The molecule has 0 rings (SSSR count).